The first-order valence-electron chi connectivity index (χ1n) is 9.74. The number of hydrogen-bond donors (Lipinski definition) is 1. The zero-order valence-electron chi connectivity index (χ0n) is 16.9. The largest absolute Gasteiger partial charge is 0.507 e. The number of nitrogens with zero attached hydrogens (tertiary/aromatic N) is 1. The second-order valence-corrected chi connectivity index (χ2v) is 7.26. The molecule has 158 valence electrons. The molecule has 0 aliphatic carbocycles. The molecular formula is C23H24ClNO5. The van der Waals surface area contributed by atoms with Gasteiger partial charge in [-0.1, -0.05) is 35.9 Å². The normalized spacial score (nSPS) is 18.1. The fourth-order valence-corrected chi connectivity index (χ4v) is 3.64. The van der Waals surface area contributed by atoms with E-state index in [1.165, 1.54) is 12.0 Å². The van der Waals surface area contributed by atoms with E-state index < -0.39 is 17.7 Å². The van der Waals surface area contributed by atoms with Crippen molar-refractivity contribution in [2.24, 2.45) is 0 Å². The van der Waals surface area contributed by atoms with Gasteiger partial charge in [0.15, 0.2) is 0 Å². The molecule has 7 heteroatoms. The Hall–Kier alpha value is -2.83. The third-order valence-corrected chi connectivity index (χ3v) is 5.21. The van der Waals surface area contributed by atoms with Crippen LogP contribution in [-0.4, -0.2) is 48.6 Å². The third-order valence-electron chi connectivity index (χ3n) is 4.96. The Kier molecular flexibility index (Phi) is 7.13. The van der Waals surface area contributed by atoms with E-state index in [2.05, 4.69) is 0 Å². The Morgan fingerprint density at radius 1 is 1.17 bits per heavy atom. The van der Waals surface area contributed by atoms with Crippen LogP contribution < -0.4 is 4.74 Å². The molecule has 6 nitrogen and oxygen atoms in total. The number of rotatable bonds is 8. The van der Waals surface area contributed by atoms with Gasteiger partial charge >= 0.3 is 0 Å². The smallest absolute Gasteiger partial charge is 0.295 e. The number of hydrogen-bond acceptors (Lipinski definition) is 5. The van der Waals surface area contributed by atoms with E-state index in [4.69, 9.17) is 21.1 Å². The highest BCUT2D eigenvalue weighted by molar-refractivity contribution is 6.46. The topological polar surface area (TPSA) is 76.1 Å². The molecule has 0 radical (unpaired) electrons. The number of aliphatic hydroxyl groups excluding tert-OH is 1. The summed E-state index contributed by atoms with van der Waals surface area (Å²) >= 11 is 6.02. The van der Waals surface area contributed by atoms with E-state index in [1.54, 1.807) is 48.5 Å². The monoisotopic (exact) mass is 429 g/mol. The van der Waals surface area contributed by atoms with Crippen molar-refractivity contribution in [2.75, 3.05) is 26.9 Å². The van der Waals surface area contributed by atoms with Crippen LogP contribution >= 0.6 is 11.6 Å². The first-order chi connectivity index (χ1) is 14.5. The standard InChI is InChI=1S/C23H24ClNO5/c1-3-30-13-5-12-25-20(15-8-10-17(24)11-9-15)19(22(27)23(25)28)21(26)16-6-4-7-18(14-16)29-2/h4,6-11,14,20,26H,3,5,12-13H2,1-2H3/b21-19-. The lowest BCUT2D eigenvalue weighted by atomic mass is 9.95. The lowest BCUT2D eigenvalue weighted by molar-refractivity contribution is -0.140. The maximum Gasteiger partial charge on any atom is 0.295 e. The minimum absolute atomic E-state index is 0.0481. The van der Waals surface area contributed by atoms with Crippen molar-refractivity contribution in [2.45, 2.75) is 19.4 Å². The predicted octanol–water partition coefficient (Wildman–Crippen LogP) is 4.20. The molecule has 1 atom stereocenters. The number of benzene rings is 2. The fourth-order valence-electron chi connectivity index (χ4n) is 3.51. The van der Waals surface area contributed by atoms with Gasteiger partial charge in [0.05, 0.1) is 18.7 Å². The molecule has 2 aromatic carbocycles. The molecule has 1 aliphatic rings. The van der Waals surface area contributed by atoms with Crippen LogP contribution in [0.4, 0.5) is 0 Å². The molecule has 1 aliphatic heterocycles. The predicted molar refractivity (Wildman–Crippen MR) is 115 cm³/mol. The summed E-state index contributed by atoms with van der Waals surface area (Å²) in [6.07, 6.45) is 0.574. The van der Waals surface area contributed by atoms with Gasteiger partial charge in [-0.3, -0.25) is 9.59 Å². The van der Waals surface area contributed by atoms with Crippen LogP contribution in [0, 0.1) is 0 Å². The Bertz CT molecular complexity index is 954. The van der Waals surface area contributed by atoms with Crippen LogP contribution in [0.25, 0.3) is 5.76 Å². The zero-order valence-corrected chi connectivity index (χ0v) is 17.7. The van der Waals surface area contributed by atoms with Crippen molar-refractivity contribution in [1.82, 2.24) is 4.90 Å². The molecule has 1 heterocycles. The van der Waals surface area contributed by atoms with Crippen LogP contribution in [0.15, 0.2) is 54.1 Å². The van der Waals surface area contributed by atoms with E-state index in [1.807, 2.05) is 6.92 Å². The summed E-state index contributed by atoms with van der Waals surface area (Å²) in [7, 11) is 1.52. The summed E-state index contributed by atoms with van der Waals surface area (Å²) in [5.41, 5.74) is 1.15. The van der Waals surface area contributed by atoms with Crippen LogP contribution in [-0.2, 0) is 14.3 Å². The van der Waals surface area contributed by atoms with Gasteiger partial charge in [-0.2, -0.15) is 0 Å². The van der Waals surface area contributed by atoms with Crippen molar-refractivity contribution in [3.63, 3.8) is 0 Å². The van der Waals surface area contributed by atoms with E-state index >= 15 is 0 Å². The highest BCUT2D eigenvalue weighted by Gasteiger charge is 2.45. The van der Waals surface area contributed by atoms with Gasteiger partial charge in [0.25, 0.3) is 11.7 Å². The number of halogens is 1. The summed E-state index contributed by atoms with van der Waals surface area (Å²) in [6, 6.07) is 12.9. The molecule has 2 aromatic rings. The molecule has 1 N–H and O–H groups in total. The minimum Gasteiger partial charge on any atom is -0.507 e. The number of amides is 1. The molecule has 0 aromatic heterocycles. The number of ketones is 1. The zero-order chi connectivity index (χ0) is 21.7. The number of methoxy groups -OCH3 is 1. The van der Waals surface area contributed by atoms with Gasteiger partial charge < -0.3 is 19.5 Å². The summed E-state index contributed by atoms with van der Waals surface area (Å²) in [6.45, 7) is 3.28. The Labute approximate surface area is 180 Å². The number of aliphatic hydroxyl groups is 1. The van der Waals surface area contributed by atoms with E-state index in [-0.39, 0.29) is 11.3 Å². The van der Waals surface area contributed by atoms with Gasteiger partial charge in [-0.25, -0.2) is 0 Å². The van der Waals surface area contributed by atoms with E-state index in [0.29, 0.717) is 48.1 Å². The lowest BCUT2D eigenvalue weighted by Crippen LogP contribution is -2.31. The quantitative estimate of drug-likeness (QED) is 0.294. The first kappa shape index (κ1) is 21.9. The average molecular weight is 430 g/mol. The molecule has 30 heavy (non-hydrogen) atoms. The van der Waals surface area contributed by atoms with Crippen molar-refractivity contribution in [1.29, 1.82) is 0 Å². The highest BCUT2D eigenvalue weighted by Crippen LogP contribution is 2.40. The molecule has 1 amide bonds. The van der Waals surface area contributed by atoms with Crippen LogP contribution in [0.2, 0.25) is 5.02 Å². The first-order valence-corrected chi connectivity index (χ1v) is 10.1. The summed E-state index contributed by atoms with van der Waals surface area (Å²) in [4.78, 5) is 27.2. The second kappa shape index (κ2) is 9.78. The highest BCUT2D eigenvalue weighted by atomic mass is 35.5. The van der Waals surface area contributed by atoms with E-state index in [9.17, 15) is 14.7 Å². The number of ether oxygens (including phenoxy) is 2. The minimum atomic E-state index is -0.716. The lowest BCUT2D eigenvalue weighted by Gasteiger charge is -2.25. The Morgan fingerprint density at radius 3 is 2.57 bits per heavy atom. The van der Waals surface area contributed by atoms with Gasteiger partial charge in [0.1, 0.15) is 11.5 Å². The van der Waals surface area contributed by atoms with Gasteiger partial charge in [0.2, 0.25) is 0 Å². The third kappa shape index (κ3) is 4.50. The molecule has 0 spiro atoms. The maximum absolute atomic E-state index is 12.9. The SMILES string of the molecule is CCOCCCN1C(=O)C(=O)/C(=C(\O)c2cccc(OC)c2)C1c1ccc(Cl)cc1. The van der Waals surface area contributed by atoms with Crippen LogP contribution in [0.1, 0.15) is 30.5 Å². The van der Waals surface area contributed by atoms with Crippen molar-refractivity contribution < 1.29 is 24.2 Å². The van der Waals surface area contributed by atoms with Crippen molar-refractivity contribution in [3.8, 4) is 5.75 Å². The molecule has 3 rings (SSSR count). The van der Waals surface area contributed by atoms with Crippen molar-refractivity contribution in [3.05, 3.63) is 70.3 Å². The Morgan fingerprint density at radius 2 is 1.90 bits per heavy atom. The van der Waals surface area contributed by atoms with Crippen molar-refractivity contribution >= 4 is 29.1 Å². The molecule has 0 bridgehead atoms. The number of Topliss-reactive ketones (excluding diaryl/α,β-unsaturated/α-hetero) is 1. The van der Waals surface area contributed by atoms with Crippen LogP contribution in [0.3, 0.4) is 0 Å². The molecule has 1 fully saturated rings. The van der Waals surface area contributed by atoms with Gasteiger partial charge in [-0.05, 0) is 43.2 Å². The molecular weight excluding hydrogens is 406 g/mol. The number of carbonyl (C=O) groups is 2. The maximum atomic E-state index is 12.9. The second-order valence-electron chi connectivity index (χ2n) is 6.83. The molecule has 0 saturated carbocycles. The summed E-state index contributed by atoms with van der Waals surface area (Å²) in [5, 5.41) is 11.6. The number of carbonyl (C=O) groups excluding carboxylic acids is 2. The van der Waals surface area contributed by atoms with Gasteiger partial charge in [0, 0.05) is 30.3 Å². The average Bonchev–Trinajstić information content (AvgIpc) is 3.01. The van der Waals surface area contributed by atoms with E-state index in [0.717, 1.165) is 0 Å². The fraction of sp³-hybridized carbons (Fsp3) is 0.304. The Balaban J connectivity index is 2.07. The van der Waals surface area contributed by atoms with Crippen LogP contribution in [0.5, 0.6) is 5.75 Å². The summed E-state index contributed by atoms with van der Waals surface area (Å²) in [5.74, 6) is -1.06. The van der Waals surface area contributed by atoms with Gasteiger partial charge in [-0.15, -0.1) is 0 Å². The molecule has 1 saturated heterocycles. The molecule has 1 unspecified atom stereocenters. The summed E-state index contributed by atoms with van der Waals surface area (Å²) < 4.78 is 10.6. The number of likely N-dealkylation sites (tertiary alicyclic amines) is 1.